The molecule has 2 saturated heterocycles. The van der Waals surface area contributed by atoms with E-state index < -0.39 is 6.04 Å². The molecular weight excluding hydrogens is 258 g/mol. The zero-order valence-corrected chi connectivity index (χ0v) is 12.4. The molecular formula is C14H25N3O3. The first-order valence-corrected chi connectivity index (χ1v) is 7.48. The van der Waals surface area contributed by atoms with Gasteiger partial charge < -0.3 is 15.0 Å². The largest absolute Gasteiger partial charge is 0.467 e. The summed E-state index contributed by atoms with van der Waals surface area (Å²) in [5.41, 5.74) is 0. The van der Waals surface area contributed by atoms with Crippen molar-refractivity contribution in [3.63, 3.8) is 0 Å². The number of nitrogens with zero attached hydrogens (tertiary/aromatic N) is 2. The Labute approximate surface area is 120 Å². The molecule has 2 atom stereocenters. The Morgan fingerprint density at radius 1 is 1.20 bits per heavy atom. The minimum absolute atomic E-state index is 0.0574. The molecule has 2 aliphatic rings. The molecule has 0 aromatic heterocycles. The van der Waals surface area contributed by atoms with Crippen LogP contribution in [0.4, 0.5) is 0 Å². The number of nitrogens with one attached hydrogen (secondary N) is 1. The monoisotopic (exact) mass is 283 g/mol. The van der Waals surface area contributed by atoms with Crippen molar-refractivity contribution < 1.29 is 14.3 Å². The van der Waals surface area contributed by atoms with Crippen LogP contribution >= 0.6 is 0 Å². The molecule has 2 fully saturated rings. The number of piperazine rings is 1. The van der Waals surface area contributed by atoms with E-state index in [4.69, 9.17) is 4.74 Å². The minimum Gasteiger partial charge on any atom is -0.467 e. The summed E-state index contributed by atoms with van der Waals surface area (Å²) in [6, 6.07) is -0.561. The van der Waals surface area contributed by atoms with E-state index in [9.17, 15) is 9.59 Å². The third kappa shape index (κ3) is 3.30. The normalized spacial score (nSPS) is 26.1. The smallest absolute Gasteiger partial charge is 0.328 e. The fourth-order valence-corrected chi connectivity index (χ4v) is 3.04. The van der Waals surface area contributed by atoms with Gasteiger partial charge in [0.25, 0.3) is 0 Å². The quantitative estimate of drug-likeness (QED) is 0.729. The van der Waals surface area contributed by atoms with Gasteiger partial charge in [0.1, 0.15) is 6.04 Å². The summed E-state index contributed by atoms with van der Waals surface area (Å²) in [6.45, 7) is 6.19. The van der Waals surface area contributed by atoms with Crippen LogP contribution in [0.2, 0.25) is 0 Å². The molecule has 0 saturated carbocycles. The van der Waals surface area contributed by atoms with E-state index in [2.05, 4.69) is 10.2 Å². The van der Waals surface area contributed by atoms with Crippen molar-refractivity contribution in [1.29, 1.82) is 0 Å². The first-order valence-electron chi connectivity index (χ1n) is 7.48. The summed E-state index contributed by atoms with van der Waals surface area (Å²) in [5.74, 6) is -0.229. The Bertz CT molecular complexity index is 356. The van der Waals surface area contributed by atoms with E-state index in [0.29, 0.717) is 13.0 Å². The van der Waals surface area contributed by atoms with Crippen LogP contribution in [0, 0.1) is 0 Å². The number of ether oxygens (including phenoxy) is 1. The van der Waals surface area contributed by atoms with Gasteiger partial charge in [0.2, 0.25) is 5.91 Å². The number of likely N-dealkylation sites (tertiary alicyclic amines) is 1. The number of hydrogen-bond acceptors (Lipinski definition) is 5. The summed E-state index contributed by atoms with van der Waals surface area (Å²) < 4.78 is 4.84. The average Bonchev–Trinajstić information content (AvgIpc) is 2.53. The average molecular weight is 283 g/mol. The molecule has 0 spiro atoms. The van der Waals surface area contributed by atoms with E-state index >= 15 is 0 Å². The predicted octanol–water partition coefficient (Wildman–Crippen LogP) is -0.166. The van der Waals surface area contributed by atoms with Gasteiger partial charge in [0.15, 0.2) is 0 Å². The second-order valence-corrected chi connectivity index (χ2v) is 5.53. The number of piperidine rings is 1. The highest BCUT2D eigenvalue weighted by atomic mass is 16.5. The third-order valence-corrected chi connectivity index (χ3v) is 4.32. The van der Waals surface area contributed by atoms with Gasteiger partial charge in [-0.1, -0.05) is 0 Å². The molecule has 0 aliphatic carbocycles. The Morgan fingerprint density at radius 2 is 1.90 bits per heavy atom. The molecule has 0 aromatic rings. The maximum Gasteiger partial charge on any atom is 0.328 e. The molecule has 114 valence electrons. The van der Waals surface area contributed by atoms with Gasteiger partial charge in [0.05, 0.1) is 13.2 Å². The highest BCUT2D eigenvalue weighted by Gasteiger charge is 2.36. The van der Waals surface area contributed by atoms with Crippen LogP contribution in [0.1, 0.15) is 26.2 Å². The molecule has 0 radical (unpaired) electrons. The lowest BCUT2D eigenvalue weighted by Gasteiger charge is -2.39. The summed E-state index contributed by atoms with van der Waals surface area (Å²) in [7, 11) is 1.39. The van der Waals surface area contributed by atoms with Crippen LogP contribution < -0.4 is 5.32 Å². The standard InChI is InChI=1S/C14H25N3O3/c1-11(16-9-6-15-7-10-16)13(18)17-8-4-3-5-12(17)14(19)20-2/h11-12,15H,3-10H2,1-2H3. The van der Waals surface area contributed by atoms with Gasteiger partial charge in [0, 0.05) is 32.7 Å². The van der Waals surface area contributed by atoms with Crippen LogP contribution in [-0.2, 0) is 14.3 Å². The molecule has 6 heteroatoms. The topological polar surface area (TPSA) is 61.9 Å². The van der Waals surface area contributed by atoms with Crippen LogP contribution in [-0.4, -0.2) is 73.6 Å². The number of methoxy groups -OCH3 is 1. The van der Waals surface area contributed by atoms with Crippen LogP contribution in [0.5, 0.6) is 0 Å². The lowest BCUT2D eigenvalue weighted by atomic mass is 10.0. The summed E-state index contributed by atoms with van der Waals surface area (Å²) in [4.78, 5) is 28.4. The van der Waals surface area contributed by atoms with Gasteiger partial charge in [-0.05, 0) is 26.2 Å². The lowest BCUT2D eigenvalue weighted by molar-refractivity contribution is -0.156. The second kappa shape index (κ2) is 7.04. The summed E-state index contributed by atoms with van der Waals surface area (Å²) in [6.07, 6.45) is 2.66. The number of carbonyl (C=O) groups is 2. The van der Waals surface area contributed by atoms with Crippen molar-refractivity contribution in [2.75, 3.05) is 39.8 Å². The van der Waals surface area contributed by atoms with Crippen molar-refractivity contribution in [2.45, 2.75) is 38.3 Å². The molecule has 2 aliphatic heterocycles. The highest BCUT2D eigenvalue weighted by Crippen LogP contribution is 2.20. The van der Waals surface area contributed by atoms with Crippen LogP contribution in [0.3, 0.4) is 0 Å². The van der Waals surface area contributed by atoms with Crippen molar-refractivity contribution in [1.82, 2.24) is 15.1 Å². The van der Waals surface area contributed by atoms with E-state index in [-0.39, 0.29) is 17.9 Å². The predicted molar refractivity (Wildman–Crippen MR) is 75.3 cm³/mol. The number of esters is 1. The Hall–Kier alpha value is -1.14. The van der Waals surface area contributed by atoms with Crippen LogP contribution in [0.25, 0.3) is 0 Å². The number of carbonyl (C=O) groups excluding carboxylic acids is 2. The van der Waals surface area contributed by atoms with Gasteiger partial charge in [-0.3, -0.25) is 9.69 Å². The fraction of sp³-hybridized carbons (Fsp3) is 0.857. The lowest BCUT2D eigenvalue weighted by Crippen LogP contribution is -2.57. The molecule has 1 N–H and O–H groups in total. The summed E-state index contributed by atoms with van der Waals surface area (Å²) >= 11 is 0. The molecule has 20 heavy (non-hydrogen) atoms. The van der Waals surface area contributed by atoms with E-state index in [1.165, 1.54) is 7.11 Å². The van der Waals surface area contributed by atoms with Gasteiger partial charge in [-0.25, -0.2) is 4.79 Å². The second-order valence-electron chi connectivity index (χ2n) is 5.53. The van der Waals surface area contributed by atoms with Gasteiger partial charge >= 0.3 is 5.97 Å². The van der Waals surface area contributed by atoms with E-state index in [1.807, 2.05) is 6.92 Å². The minimum atomic E-state index is -0.397. The first kappa shape index (κ1) is 15.3. The Kier molecular flexibility index (Phi) is 5.37. The fourth-order valence-electron chi connectivity index (χ4n) is 3.04. The number of amides is 1. The van der Waals surface area contributed by atoms with Gasteiger partial charge in [-0.2, -0.15) is 0 Å². The maximum atomic E-state index is 12.7. The van der Waals surface area contributed by atoms with E-state index in [1.54, 1.807) is 4.90 Å². The zero-order valence-electron chi connectivity index (χ0n) is 12.4. The Balaban J connectivity index is 2.02. The van der Waals surface area contributed by atoms with Gasteiger partial charge in [-0.15, -0.1) is 0 Å². The molecule has 2 unspecified atom stereocenters. The zero-order chi connectivity index (χ0) is 14.5. The first-order chi connectivity index (χ1) is 9.65. The molecule has 0 bridgehead atoms. The number of rotatable bonds is 3. The van der Waals surface area contributed by atoms with Crippen molar-refractivity contribution >= 4 is 11.9 Å². The molecule has 2 rings (SSSR count). The van der Waals surface area contributed by atoms with E-state index in [0.717, 1.165) is 39.0 Å². The van der Waals surface area contributed by atoms with Crippen molar-refractivity contribution in [2.24, 2.45) is 0 Å². The molecule has 6 nitrogen and oxygen atoms in total. The SMILES string of the molecule is COC(=O)C1CCCCN1C(=O)C(C)N1CCNCC1. The number of hydrogen-bond donors (Lipinski definition) is 1. The molecule has 2 heterocycles. The third-order valence-electron chi connectivity index (χ3n) is 4.32. The molecule has 1 amide bonds. The van der Waals surface area contributed by atoms with Crippen molar-refractivity contribution in [3.8, 4) is 0 Å². The summed E-state index contributed by atoms with van der Waals surface area (Å²) in [5, 5.41) is 3.28. The molecule has 0 aromatic carbocycles. The maximum absolute atomic E-state index is 12.7. The van der Waals surface area contributed by atoms with Crippen molar-refractivity contribution in [3.05, 3.63) is 0 Å². The van der Waals surface area contributed by atoms with Crippen LogP contribution in [0.15, 0.2) is 0 Å². The highest BCUT2D eigenvalue weighted by molar-refractivity contribution is 5.87. The Morgan fingerprint density at radius 3 is 2.55 bits per heavy atom.